The number of thiocarbonyl (C=S) groups is 1. The second-order valence-corrected chi connectivity index (χ2v) is 9.51. The molecule has 2 N–H and O–H groups in total. The van der Waals surface area contributed by atoms with Crippen LogP contribution in [0.1, 0.15) is 5.56 Å². The number of nitrogens with one attached hydrogen (secondary N) is 2. The minimum absolute atomic E-state index is 0.230. The molecule has 0 spiro atoms. The van der Waals surface area contributed by atoms with E-state index in [2.05, 4.69) is 31.8 Å². The van der Waals surface area contributed by atoms with Crippen LogP contribution in [0, 0.1) is 0 Å². The highest BCUT2D eigenvalue weighted by atomic mass is 79.9. The Morgan fingerprint density at radius 3 is 2.60 bits per heavy atom. The van der Waals surface area contributed by atoms with Crippen LogP contribution in [-0.2, 0) is 14.8 Å². The highest BCUT2D eigenvalue weighted by Gasteiger charge is 2.26. The van der Waals surface area contributed by atoms with Crippen molar-refractivity contribution < 1.29 is 17.9 Å². The molecular weight excluding hydrogens is 492 g/mol. The van der Waals surface area contributed by atoms with Crippen molar-refractivity contribution in [2.24, 2.45) is 5.10 Å². The average Bonchev–Trinajstić information content (AvgIpc) is 2.75. The second kappa shape index (κ2) is 10.3. The number of anilines is 1. The van der Waals surface area contributed by atoms with Crippen LogP contribution < -0.4 is 15.5 Å². The van der Waals surface area contributed by atoms with Crippen molar-refractivity contribution in [2.45, 2.75) is 4.90 Å². The van der Waals surface area contributed by atoms with Gasteiger partial charge in [-0.1, -0.05) is 15.9 Å². The van der Waals surface area contributed by atoms with E-state index in [-0.39, 0.29) is 10.0 Å². The summed E-state index contributed by atoms with van der Waals surface area (Å²) in [6.07, 6.45) is 1.59. The Balaban J connectivity index is 1.59. The van der Waals surface area contributed by atoms with Crippen LogP contribution in [0.15, 0.2) is 56.9 Å². The van der Waals surface area contributed by atoms with Gasteiger partial charge in [-0.15, -0.1) is 0 Å². The molecule has 0 unspecified atom stereocenters. The summed E-state index contributed by atoms with van der Waals surface area (Å²) in [5.74, 6) is 0.680. The highest BCUT2D eigenvalue weighted by Crippen LogP contribution is 2.21. The fourth-order valence-corrected chi connectivity index (χ4v) is 4.73. The molecule has 0 aliphatic carbocycles. The molecule has 2 aromatic carbocycles. The van der Waals surface area contributed by atoms with Gasteiger partial charge in [-0.25, -0.2) is 8.42 Å². The van der Waals surface area contributed by atoms with Crippen LogP contribution in [0.25, 0.3) is 0 Å². The van der Waals surface area contributed by atoms with Crippen molar-refractivity contribution in [3.05, 3.63) is 52.5 Å². The molecule has 30 heavy (non-hydrogen) atoms. The first-order valence-electron chi connectivity index (χ1n) is 9.02. The molecule has 0 radical (unpaired) electrons. The molecule has 1 heterocycles. The zero-order valence-electron chi connectivity index (χ0n) is 16.2. The zero-order chi connectivity index (χ0) is 21.6. The van der Waals surface area contributed by atoms with Crippen LogP contribution in [-0.4, -0.2) is 57.5 Å². The van der Waals surface area contributed by atoms with Gasteiger partial charge in [0.2, 0.25) is 10.0 Å². The van der Waals surface area contributed by atoms with Gasteiger partial charge < -0.3 is 14.8 Å². The van der Waals surface area contributed by atoms with E-state index < -0.39 is 10.0 Å². The average molecular weight is 513 g/mol. The van der Waals surface area contributed by atoms with Crippen molar-refractivity contribution in [1.29, 1.82) is 0 Å². The lowest BCUT2D eigenvalue weighted by Gasteiger charge is -2.26. The van der Waals surface area contributed by atoms with Crippen molar-refractivity contribution >= 4 is 55.2 Å². The molecule has 0 aromatic heterocycles. The van der Waals surface area contributed by atoms with E-state index in [4.69, 9.17) is 21.7 Å². The second-order valence-electron chi connectivity index (χ2n) is 6.25. The van der Waals surface area contributed by atoms with Crippen molar-refractivity contribution in [3.63, 3.8) is 0 Å². The molecule has 0 amide bonds. The maximum Gasteiger partial charge on any atom is 0.243 e. The van der Waals surface area contributed by atoms with Gasteiger partial charge in [0.25, 0.3) is 0 Å². The summed E-state index contributed by atoms with van der Waals surface area (Å²) in [6, 6.07) is 12.0. The van der Waals surface area contributed by atoms with Gasteiger partial charge in [-0.2, -0.15) is 9.41 Å². The lowest BCUT2D eigenvalue weighted by molar-refractivity contribution is 0.0730. The third kappa shape index (κ3) is 5.76. The highest BCUT2D eigenvalue weighted by molar-refractivity contribution is 9.10. The third-order valence-corrected chi connectivity index (χ3v) is 6.88. The molecule has 0 bridgehead atoms. The smallest absolute Gasteiger partial charge is 0.243 e. The normalized spacial score (nSPS) is 15.1. The molecule has 160 valence electrons. The summed E-state index contributed by atoms with van der Waals surface area (Å²) in [6.45, 7) is 1.53. The van der Waals surface area contributed by atoms with Gasteiger partial charge >= 0.3 is 0 Å². The van der Waals surface area contributed by atoms with Gasteiger partial charge in [0, 0.05) is 28.8 Å². The fourth-order valence-electron chi connectivity index (χ4n) is 2.77. The van der Waals surface area contributed by atoms with Gasteiger partial charge in [0.15, 0.2) is 5.11 Å². The largest absolute Gasteiger partial charge is 0.496 e. The number of sulfonamides is 1. The monoisotopic (exact) mass is 512 g/mol. The van der Waals surface area contributed by atoms with E-state index in [0.29, 0.717) is 37.7 Å². The molecule has 1 saturated heterocycles. The Morgan fingerprint density at radius 2 is 1.93 bits per heavy atom. The van der Waals surface area contributed by atoms with Gasteiger partial charge in [0.1, 0.15) is 5.75 Å². The van der Waals surface area contributed by atoms with Crippen LogP contribution >= 0.6 is 28.1 Å². The van der Waals surface area contributed by atoms with E-state index in [1.807, 2.05) is 18.2 Å². The van der Waals surface area contributed by atoms with Crippen molar-refractivity contribution in [2.75, 3.05) is 38.7 Å². The molecule has 1 fully saturated rings. The number of halogens is 1. The first-order chi connectivity index (χ1) is 14.4. The van der Waals surface area contributed by atoms with Crippen molar-refractivity contribution in [1.82, 2.24) is 9.73 Å². The number of ether oxygens (including phenoxy) is 2. The molecular formula is C19H21BrN4O4S2. The Hall–Kier alpha value is -2.05. The topological polar surface area (TPSA) is 92.3 Å². The first kappa shape index (κ1) is 22.6. The van der Waals surface area contributed by atoms with E-state index in [0.717, 1.165) is 10.0 Å². The lowest BCUT2D eigenvalue weighted by Crippen LogP contribution is -2.40. The van der Waals surface area contributed by atoms with Crippen LogP contribution in [0.5, 0.6) is 5.75 Å². The number of morpholine rings is 1. The third-order valence-electron chi connectivity index (χ3n) is 4.28. The predicted molar refractivity (Wildman–Crippen MR) is 124 cm³/mol. The molecule has 1 aliphatic rings. The van der Waals surface area contributed by atoms with Crippen LogP contribution in [0.4, 0.5) is 5.69 Å². The van der Waals surface area contributed by atoms with Crippen LogP contribution in [0.2, 0.25) is 0 Å². The molecule has 0 atom stereocenters. The lowest BCUT2D eigenvalue weighted by atomic mass is 10.2. The molecule has 11 heteroatoms. The quantitative estimate of drug-likeness (QED) is 0.349. The molecule has 2 aromatic rings. The molecule has 0 saturated carbocycles. The predicted octanol–water partition coefficient (Wildman–Crippen LogP) is 2.80. The number of methoxy groups -OCH3 is 1. The summed E-state index contributed by atoms with van der Waals surface area (Å²) in [5.41, 5.74) is 4.15. The number of hydrazone groups is 1. The van der Waals surface area contributed by atoms with Gasteiger partial charge in [0.05, 0.1) is 31.4 Å². The van der Waals surface area contributed by atoms with E-state index in [1.54, 1.807) is 37.6 Å². The van der Waals surface area contributed by atoms with Gasteiger partial charge in [-0.3, -0.25) is 5.43 Å². The van der Waals surface area contributed by atoms with E-state index >= 15 is 0 Å². The van der Waals surface area contributed by atoms with E-state index in [1.165, 1.54) is 4.31 Å². The SMILES string of the molecule is COc1ccc(Br)cc1C=NNC(=S)Nc1ccc(S(=O)(=O)N2CCOCC2)cc1. The summed E-state index contributed by atoms with van der Waals surface area (Å²) in [5, 5.41) is 7.34. The summed E-state index contributed by atoms with van der Waals surface area (Å²) in [7, 11) is -1.94. The Morgan fingerprint density at radius 1 is 1.23 bits per heavy atom. The fraction of sp³-hybridized carbons (Fsp3) is 0.263. The number of hydrogen-bond donors (Lipinski definition) is 2. The zero-order valence-corrected chi connectivity index (χ0v) is 19.4. The Labute approximate surface area is 189 Å². The maximum atomic E-state index is 12.7. The maximum absolute atomic E-state index is 12.7. The number of nitrogens with zero attached hydrogens (tertiary/aromatic N) is 2. The number of hydrogen-bond acceptors (Lipinski definition) is 6. The number of benzene rings is 2. The number of rotatable bonds is 6. The summed E-state index contributed by atoms with van der Waals surface area (Å²) >= 11 is 8.64. The molecule has 8 nitrogen and oxygen atoms in total. The summed E-state index contributed by atoms with van der Waals surface area (Å²) in [4.78, 5) is 0.230. The van der Waals surface area contributed by atoms with E-state index in [9.17, 15) is 8.42 Å². The van der Waals surface area contributed by atoms with Crippen molar-refractivity contribution in [3.8, 4) is 5.75 Å². The minimum Gasteiger partial charge on any atom is -0.496 e. The standard InChI is InChI=1S/C19H21BrN4O4S2/c1-27-18-7-2-15(20)12-14(18)13-21-23-19(29)22-16-3-5-17(6-4-16)30(25,26)24-8-10-28-11-9-24/h2-7,12-13H,8-11H2,1H3,(H2,22,23,29). The molecule has 1 aliphatic heterocycles. The summed E-state index contributed by atoms with van der Waals surface area (Å²) < 4.78 is 38.1. The first-order valence-corrected chi connectivity index (χ1v) is 11.7. The molecule has 3 rings (SSSR count). The Bertz CT molecular complexity index is 1020. The minimum atomic E-state index is -3.52. The van der Waals surface area contributed by atoms with Gasteiger partial charge in [-0.05, 0) is 54.7 Å². The van der Waals surface area contributed by atoms with Crippen LogP contribution in [0.3, 0.4) is 0 Å². The Kier molecular flexibility index (Phi) is 7.78.